The lowest BCUT2D eigenvalue weighted by molar-refractivity contribution is 0.234. The van der Waals surface area contributed by atoms with Crippen molar-refractivity contribution in [3.63, 3.8) is 0 Å². The van der Waals surface area contributed by atoms with Gasteiger partial charge >= 0.3 is 10.4 Å². The third kappa shape index (κ3) is 23.8. The van der Waals surface area contributed by atoms with E-state index in [1.54, 1.807) is 0 Å². The van der Waals surface area contributed by atoms with Gasteiger partial charge in [-0.15, -0.1) is 0 Å². The van der Waals surface area contributed by atoms with Crippen molar-refractivity contribution in [1.29, 1.82) is 0 Å². The second kappa shape index (κ2) is 20.9. The number of hydrogen-bond donors (Lipinski definition) is 1. The molecule has 4 nitrogen and oxygen atoms in total. The molecule has 0 aliphatic rings. The molecule has 0 amide bonds. The summed E-state index contributed by atoms with van der Waals surface area (Å²) in [5.74, 6) is 0.0614. The Hall–Kier alpha value is -0.390. The molecule has 0 saturated heterocycles. The van der Waals surface area contributed by atoms with Crippen molar-refractivity contribution >= 4 is 10.4 Å². The van der Waals surface area contributed by atoms with E-state index in [-0.39, 0.29) is 12.5 Å². The highest BCUT2D eigenvalue weighted by Gasteiger charge is 2.11. The van der Waals surface area contributed by atoms with Gasteiger partial charge in [-0.3, -0.25) is 4.55 Å². The topological polar surface area (TPSA) is 63.6 Å². The SMILES string of the molecule is CCCCCCCCCCCCC/C=C/C(CCCCCCC)COS(=O)(=O)O. The third-order valence-corrected chi connectivity index (χ3v) is 5.93. The van der Waals surface area contributed by atoms with Gasteiger partial charge < -0.3 is 0 Å². The minimum absolute atomic E-state index is 0.0430. The summed E-state index contributed by atoms with van der Waals surface area (Å²) in [6.07, 6.45) is 26.9. The maximum atomic E-state index is 10.8. The minimum atomic E-state index is -4.35. The van der Waals surface area contributed by atoms with Gasteiger partial charge in [0, 0.05) is 5.92 Å². The van der Waals surface area contributed by atoms with Crippen LogP contribution in [0.25, 0.3) is 0 Å². The highest BCUT2D eigenvalue weighted by molar-refractivity contribution is 7.80. The number of rotatable bonds is 22. The molecule has 174 valence electrons. The van der Waals surface area contributed by atoms with E-state index in [9.17, 15) is 8.42 Å². The molecule has 0 aromatic rings. The third-order valence-electron chi connectivity index (χ3n) is 5.49. The molecular weight excluding hydrogens is 384 g/mol. The lowest BCUT2D eigenvalue weighted by Gasteiger charge is -2.12. The van der Waals surface area contributed by atoms with Gasteiger partial charge in [0.15, 0.2) is 0 Å². The molecule has 0 rings (SSSR count). The Balaban J connectivity index is 3.80. The van der Waals surface area contributed by atoms with E-state index in [0.29, 0.717) is 0 Å². The smallest absolute Gasteiger partial charge is 0.264 e. The van der Waals surface area contributed by atoms with E-state index in [1.807, 2.05) is 0 Å². The van der Waals surface area contributed by atoms with Crippen molar-refractivity contribution in [2.45, 2.75) is 129 Å². The second-order valence-corrected chi connectivity index (χ2v) is 9.52. The van der Waals surface area contributed by atoms with Crippen LogP contribution in [0.2, 0.25) is 0 Å². The molecule has 1 N–H and O–H groups in total. The molecule has 0 aromatic heterocycles. The van der Waals surface area contributed by atoms with Gasteiger partial charge in [0.1, 0.15) is 0 Å². The lowest BCUT2D eigenvalue weighted by Crippen LogP contribution is -2.12. The first kappa shape index (κ1) is 28.6. The van der Waals surface area contributed by atoms with Crippen LogP contribution in [0, 0.1) is 5.92 Å². The first-order chi connectivity index (χ1) is 14.0. The summed E-state index contributed by atoms with van der Waals surface area (Å²) in [5, 5.41) is 0. The molecule has 0 radical (unpaired) electrons. The van der Waals surface area contributed by atoms with Crippen molar-refractivity contribution in [3.05, 3.63) is 12.2 Å². The standard InChI is InChI=1S/C24H48O4S/c1-3-5-7-9-10-11-12-13-14-15-16-18-20-22-24(23-28-29(25,26)27)21-19-17-8-6-4-2/h20,22,24H,3-19,21,23H2,1-2H3,(H,25,26,27)/b22-20+. The van der Waals surface area contributed by atoms with Crippen molar-refractivity contribution < 1.29 is 17.2 Å². The quantitative estimate of drug-likeness (QED) is 0.107. The van der Waals surface area contributed by atoms with Gasteiger partial charge in [-0.25, -0.2) is 4.18 Å². The molecule has 0 spiro atoms. The highest BCUT2D eigenvalue weighted by atomic mass is 32.3. The molecule has 5 heteroatoms. The predicted molar refractivity (Wildman–Crippen MR) is 125 cm³/mol. The molecule has 1 unspecified atom stereocenters. The van der Waals surface area contributed by atoms with Crippen molar-refractivity contribution in [2.24, 2.45) is 5.92 Å². The Bertz CT molecular complexity index is 460. The fourth-order valence-electron chi connectivity index (χ4n) is 3.63. The number of unbranched alkanes of at least 4 members (excludes halogenated alkanes) is 15. The molecule has 0 aliphatic heterocycles. The summed E-state index contributed by atoms with van der Waals surface area (Å²) in [6, 6.07) is 0. The maximum Gasteiger partial charge on any atom is 0.397 e. The van der Waals surface area contributed by atoms with Crippen LogP contribution >= 0.6 is 0 Å². The Morgan fingerprint density at radius 2 is 1.17 bits per heavy atom. The molecular formula is C24H48O4S. The first-order valence-electron chi connectivity index (χ1n) is 12.3. The minimum Gasteiger partial charge on any atom is -0.264 e. The van der Waals surface area contributed by atoms with Gasteiger partial charge in [0.25, 0.3) is 0 Å². The molecule has 0 heterocycles. The molecule has 0 saturated carbocycles. The molecule has 0 bridgehead atoms. The van der Waals surface area contributed by atoms with Crippen LogP contribution in [0.3, 0.4) is 0 Å². The zero-order valence-corrected chi connectivity index (χ0v) is 20.1. The van der Waals surface area contributed by atoms with Gasteiger partial charge in [0.05, 0.1) is 6.61 Å². The number of allylic oxidation sites excluding steroid dienone is 1. The summed E-state index contributed by atoms with van der Waals surface area (Å²) in [5.41, 5.74) is 0. The van der Waals surface area contributed by atoms with E-state index < -0.39 is 10.4 Å². The molecule has 1 atom stereocenters. The lowest BCUT2D eigenvalue weighted by atomic mass is 10.00. The van der Waals surface area contributed by atoms with Crippen molar-refractivity contribution in [3.8, 4) is 0 Å². The molecule has 0 aromatic carbocycles. The normalized spacial score (nSPS) is 13.3. The second-order valence-electron chi connectivity index (χ2n) is 8.43. The Labute approximate surface area is 181 Å². The van der Waals surface area contributed by atoms with Crippen LogP contribution in [0.1, 0.15) is 129 Å². The summed E-state index contributed by atoms with van der Waals surface area (Å²) in [4.78, 5) is 0. The summed E-state index contributed by atoms with van der Waals surface area (Å²) in [7, 11) is -4.35. The Morgan fingerprint density at radius 3 is 1.66 bits per heavy atom. The molecule has 0 fully saturated rings. The fourth-order valence-corrected chi connectivity index (χ4v) is 3.98. The van der Waals surface area contributed by atoms with Gasteiger partial charge in [-0.2, -0.15) is 8.42 Å². The monoisotopic (exact) mass is 432 g/mol. The van der Waals surface area contributed by atoms with Gasteiger partial charge in [-0.1, -0.05) is 122 Å². The summed E-state index contributed by atoms with van der Waals surface area (Å²) < 4.78 is 35.1. The Morgan fingerprint density at radius 1 is 0.724 bits per heavy atom. The van der Waals surface area contributed by atoms with Crippen LogP contribution in [0.5, 0.6) is 0 Å². The molecule has 0 aliphatic carbocycles. The average molecular weight is 433 g/mol. The first-order valence-corrected chi connectivity index (χ1v) is 13.6. The predicted octanol–water partition coefficient (Wildman–Crippen LogP) is 8.04. The van der Waals surface area contributed by atoms with Gasteiger partial charge in [0.2, 0.25) is 0 Å². The maximum absolute atomic E-state index is 10.8. The number of hydrogen-bond acceptors (Lipinski definition) is 3. The summed E-state index contributed by atoms with van der Waals surface area (Å²) in [6.45, 7) is 4.50. The van der Waals surface area contributed by atoms with Gasteiger partial charge in [-0.05, 0) is 19.3 Å². The average Bonchev–Trinajstić information content (AvgIpc) is 2.68. The molecule has 29 heavy (non-hydrogen) atoms. The van der Waals surface area contributed by atoms with E-state index in [1.165, 1.54) is 96.3 Å². The van der Waals surface area contributed by atoms with E-state index in [2.05, 4.69) is 30.2 Å². The van der Waals surface area contributed by atoms with Crippen LogP contribution in [0.4, 0.5) is 0 Å². The van der Waals surface area contributed by atoms with E-state index in [0.717, 1.165) is 19.3 Å². The van der Waals surface area contributed by atoms with Crippen LogP contribution < -0.4 is 0 Å². The zero-order valence-electron chi connectivity index (χ0n) is 19.2. The fraction of sp³-hybridized carbons (Fsp3) is 0.917. The highest BCUT2D eigenvalue weighted by Crippen LogP contribution is 2.16. The summed E-state index contributed by atoms with van der Waals surface area (Å²) >= 11 is 0. The van der Waals surface area contributed by atoms with Crippen molar-refractivity contribution in [1.82, 2.24) is 0 Å². The largest absolute Gasteiger partial charge is 0.397 e. The van der Waals surface area contributed by atoms with E-state index >= 15 is 0 Å². The van der Waals surface area contributed by atoms with Crippen LogP contribution in [-0.2, 0) is 14.6 Å². The van der Waals surface area contributed by atoms with Crippen LogP contribution in [0.15, 0.2) is 12.2 Å². The van der Waals surface area contributed by atoms with E-state index in [4.69, 9.17) is 4.55 Å². The zero-order chi connectivity index (χ0) is 21.6. The Kier molecular flexibility index (Phi) is 20.6. The van der Waals surface area contributed by atoms with Crippen LogP contribution in [-0.4, -0.2) is 19.6 Å². The van der Waals surface area contributed by atoms with Crippen molar-refractivity contribution in [2.75, 3.05) is 6.61 Å².